The number of rotatable bonds is 4. The van der Waals surface area contributed by atoms with Gasteiger partial charge in [-0.15, -0.1) is 0 Å². The van der Waals surface area contributed by atoms with E-state index in [1.165, 1.54) is 17.5 Å². The summed E-state index contributed by atoms with van der Waals surface area (Å²) in [6.07, 6.45) is 3.33. The van der Waals surface area contributed by atoms with E-state index in [1.54, 1.807) is 18.2 Å². The largest absolute Gasteiger partial charge is 0.484 e. The second-order valence-corrected chi connectivity index (χ2v) is 5.89. The first kappa shape index (κ1) is 14.4. The summed E-state index contributed by atoms with van der Waals surface area (Å²) >= 11 is 11.9. The molecule has 1 aliphatic carbocycles. The predicted molar refractivity (Wildman–Crippen MR) is 84.8 cm³/mol. The number of ketones is 1. The summed E-state index contributed by atoms with van der Waals surface area (Å²) in [5.74, 6) is 0.374. The van der Waals surface area contributed by atoms with E-state index < -0.39 is 0 Å². The van der Waals surface area contributed by atoms with Crippen LogP contribution in [0.4, 0.5) is 0 Å². The SMILES string of the molecule is O=C(COc1cccc(Cl)c1Cl)c1ccc2c(c1)CCC2. The predicted octanol–water partition coefficient (Wildman–Crippen LogP) is 4.74. The standard InChI is InChI=1S/C17H14Cl2O2/c18-14-5-2-6-16(17(14)19)21-10-15(20)13-8-7-11-3-1-4-12(11)9-13/h2,5-9H,1,3-4,10H2. The molecule has 2 nitrogen and oxygen atoms in total. The average Bonchev–Trinajstić information content (AvgIpc) is 2.96. The van der Waals surface area contributed by atoms with Gasteiger partial charge in [-0.2, -0.15) is 0 Å². The van der Waals surface area contributed by atoms with Crippen LogP contribution in [0, 0.1) is 0 Å². The van der Waals surface area contributed by atoms with Crippen LogP contribution in [0.25, 0.3) is 0 Å². The van der Waals surface area contributed by atoms with Crippen molar-refractivity contribution in [2.75, 3.05) is 6.61 Å². The summed E-state index contributed by atoms with van der Waals surface area (Å²) in [6, 6.07) is 11.0. The van der Waals surface area contributed by atoms with Crippen LogP contribution in [-0.4, -0.2) is 12.4 Å². The van der Waals surface area contributed by atoms with E-state index in [2.05, 4.69) is 0 Å². The lowest BCUT2D eigenvalue weighted by Gasteiger charge is -2.09. The third kappa shape index (κ3) is 3.07. The molecule has 2 aromatic carbocycles. The lowest BCUT2D eigenvalue weighted by Crippen LogP contribution is -2.12. The maximum absolute atomic E-state index is 12.2. The number of hydrogen-bond donors (Lipinski definition) is 0. The molecule has 0 amide bonds. The molecule has 0 aliphatic heterocycles. The Kier molecular flexibility index (Phi) is 4.18. The van der Waals surface area contributed by atoms with Crippen LogP contribution >= 0.6 is 23.2 Å². The molecular weight excluding hydrogens is 307 g/mol. The second-order valence-electron chi connectivity index (χ2n) is 5.10. The van der Waals surface area contributed by atoms with E-state index in [4.69, 9.17) is 27.9 Å². The smallest absolute Gasteiger partial charge is 0.200 e. The molecule has 4 heteroatoms. The molecule has 3 rings (SSSR count). The Bertz CT molecular complexity index is 695. The minimum Gasteiger partial charge on any atom is -0.484 e. The minimum absolute atomic E-state index is 0.0428. The van der Waals surface area contributed by atoms with E-state index in [1.807, 2.05) is 18.2 Å². The Labute approximate surface area is 133 Å². The molecule has 0 N–H and O–H groups in total. The molecule has 0 saturated carbocycles. The van der Waals surface area contributed by atoms with Crippen molar-refractivity contribution in [3.63, 3.8) is 0 Å². The molecular formula is C17H14Cl2O2. The van der Waals surface area contributed by atoms with Gasteiger partial charge in [0.1, 0.15) is 10.8 Å². The summed E-state index contributed by atoms with van der Waals surface area (Å²) in [7, 11) is 0. The zero-order valence-corrected chi connectivity index (χ0v) is 12.9. The summed E-state index contributed by atoms with van der Waals surface area (Å²) in [5, 5.41) is 0.750. The molecule has 0 unspecified atom stereocenters. The maximum Gasteiger partial charge on any atom is 0.200 e. The van der Waals surface area contributed by atoms with Crippen molar-refractivity contribution in [1.29, 1.82) is 0 Å². The van der Waals surface area contributed by atoms with Crippen molar-refractivity contribution in [3.05, 3.63) is 63.1 Å². The number of carbonyl (C=O) groups excluding carboxylic acids is 1. The zero-order chi connectivity index (χ0) is 14.8. The summed E-state index contributed by atoms with van der Waals surface area (Å²) in [4.78, 5) is 12.2. The fourth-order valence-corrected chi connectivity index (χ4v) is 2.91. The van der Waals surface area contributed by atoms with Gasteiger partial charge in [-0.1, -0.05) is 41.4 Å². The lowest BCUT2D eigenvalue weighted by molar-refractivity contribution is 0.0921. The Morgan fingerprint density at radius 2 is 1.90 bits per heavy atom. The molecule has 21 heavy (non-hydrogen) atoms. The number of Topliss-reactive ketones (excluding diaryl/α,β-unsaturated/α-hetero) is 1. The molecule has 0 atom stereocenters. The number of aryl methyl sites for hydroxylation is 2. The van der Waals surface area contributed by atoms with Crippen molar-refractivity contribution >= 4 is 29.0 Å². The maximum atomic E-state index is 12.2. The Morgan fingerprint density at radius 1 is 1.10 bits per heavy atom. The fourth-order valence-electron chi connectivity index (χ4n) is 2.57. The molecule has 0 radical (unpaired) electrons. The van der Waals surface area contributed by atoms with Crippen LogP contribution in [0.1, 0.15) is 27.9 Å². The first-order valence-corrected chi connectivity index (χ1v) is 7.62. The van der Waals surface area contributed by atoms with E-state index >= 15 is 0 Å². The van der Waals surface area contributed by atoms with Crippen molar-refractivity contribution in [3.8, 4) is 5.75 Å². The average molecular weight is 321 g/mol. The molecule has 0 saturated heterocycles. The first-order chi connectivity index (χ1) is 10.1. The number of halogens is 2. The van der Waals surface area contributed by atoms with E-state index in [0.29, 0.717) is 21.4 Å². The van der Waals surface area contributed by atoms with Crippen LogP contribution in [0.5, 0.6) is 5.75 Å². The zero-order valence-electron chi connectivity index (χ0n) is 11.4. The van der Waals surface area contributed by atoms with Gasteiger partial charge in [-0.25, -0.2) is 0 Å². The Balaban J connectivity index is 1.71. The van der Waals surface area contributed by atoms with Crippen LogP contribution < -0.4 is 4.74 Å². The molecule has 0 bridgehead atoms. The number of benzene rings is 2. The summed E-state index contributed by atoms with van der Waals surface area (Å²) in [5.41, 5.74) is 3.32. The van der Waals surface area contributed by atoms with E-state index in [-0.39, 0.29) is 12.4 Å². The van der Waals surface area contributed by atoms with Crippen LogP contribution in [0.15, 0.2) is 36.4 Å². The van der Waals surface area contributed by atoms with Gasteiger partial charge in [0, 0.05) is 5.56 Å². The second kappa shape index (κ2) is 6.08. The van der Waals surface area contributed by atoms with Crippen molar-refractivity contribution in [2.24, 2.45) is 0 Å². The summed E-state index contributed by atoms with van der Waals surface area (Å²) in [6.45, 7) is -0.0428. The quantitative estimate of drug-likeness (QED) is 0.760. The number of hydrogen-bond acceptors (Lipinski definition) is 2. The van der Waals surface area contributed by atoms with Crippen LogP contribution in [-0.2, 0) is 12.8 Å². The molecule has 0 aromatic heterocycles. The highest BCUT2D eigenvalue weighted by Gasteiger charge is 2.15. The van der Waals surface area contributed by atoms with Gasteiger partial charge >= 0.3 is 0 Å². The monoisotopic (exact) mass is 320 g/mol. The summed E-state index contributed by atoms with van der Waals surface area (Å²) < 4.78 is 5.49. The topological polar surface area (TPSA) is 26.3 Å². The van der Waals surface area contributed by atoms with Gasteiger partial charge in [0.15, 0.2) is 12.4 Å². The van der Waals surface area contributed by atoms with Crippen molar-refractivity contribution < 1.29 is 9.53 Å². The first-order valence-electron chi connectivity index (χ1n) is 6.87. The highest BCUT2D eigenvalue weighted by Crippen LogP contribution is 2.31. The van der Waals surface area contributed by atoms with E-state index in [0.717, 1.165) is 12.8 Å². The highest BCUT2D eigenvalue weighted by molar-refractivity contribution is 6.42. The van der Waals surface area contributed by atoms with Gasteiger partial charge in [-0.3, -0.25) is 4.79 Å². The fraction of sp³-hybridized carbons (Fsp3) is 0.235. The van der Waals surface area contributed by atoms with Gasteiger partial charge in [0.25, 0.3) is 0 Å². The number of ether oxygens (including phenoxy) is 1. The van der Waals surface area contributed by atoms with Gasteiger partial charge in [0.2, 0.25) is 0 Å². The number of carbonyl (C=O) groups is 1. The third-order valence-electron chi connectivity index (χ3n) is 3.70. The third-order valence-corrected chi connectivity index (χ3v) is 4.50. The Hall–Kier alpha value is -1.51. The van der Waals surface area contributed by atoms with Crippen molar-refractivity contribution in [2.45, 2.75) is 19.3 Å². The normalized spacial score (nSPS) is 13.0. The molecule has 108 valence electrons. The Morgan fingerprint density at radius 3 is 2.76 bits per heavy atom. The molecule has 1 aliphatic rings. The van der Waals surface area contributed by atoms with Crippen molar-refractivity contribution in [1.82, 2.24) is 0 Å². The molecule has 0 fully saturated rings. The number of fused-ring (bicyclic) bond motifs is 1. The van der Waals surface area contributed by atoms with Crippen LogP contribution in [0.2, 0.25) is 10.0 Å². The molecule has 0 spiro atoms. The van der Waals surface area contributed by atoms with E-state index in [9.17, 15) is 4.79 Å². The molecule has 2 aromatic rings. The molecule has 0 heterocycles. The van der Waals surface area contributed by atoms with Gasteiger partial charge in [-0.05, 0) is 48.6 Å². The van der Waals surface area contributed by atoms with Gasteiger partial charge in [0.05, 0.1) is 5.02 Å². The highest BCUT2D eigenvalue weighted by atomic mass is 35.5. The lowest BCUT2D eigenvalue weighted by atomic mass is 10.0. The van der Waals surface area contributed by atoms with Crippen LogP contribution in [0.3, 0.4) is 0 Å². The van der Waals surface area contributed by atoms with Gasteiger partial charge < -0.3 is 4.74 Å². The minimum atomic E-state index is -0.0549.